The second-order valence-electron chi connectivity index (χ2n) is 5.78. The molecule has 1 aliphatic carbocycles. The Kier molecular flexibility index (Phi) is 6.38. The largest absolute Gasteiger partial charge is 0.469 e. The molecule has 1 amide bonds. The Hall–Kier alpha value is -1.59. The molecule has 0 aromatic heterocycles. The molecule has 1 saturated carbocycles. The van der Waals surface area contributed by atoms with Crippen molar-refractivity contribution in [3.8, 4) is 0 Å². The van der Waals surface area contributed by atoms with Gasteiger partial charge in [-0.25, -0.2) is 0 Å². The standard InChI is InChI=1S/C16H22N2O3.ClH/c1-11-4-3-5-12(8-11)9-13(14(19)21-2)10-18-15(20)16(17)6-7-16;/h3-5,8,13H,6-7,9-10,17H2,1-2H3,(H,18,20);1H. The topological polar surface area (TPSA) is 81.4 Å². The van der Waals surface area contributed by atoms with Crippen molar-refractivity contribution in [2.45, 2.75) is 31.7 Å². The van der Waals surface area contributed by atoms with Gasteiger partial charge in [0.05, 0.1) is 18.6 Å². The van der Waals surface area contributed by atoms with Crippen molar-refractivity contribution in [3.05, 3.63) is 35.4 Å². The average molecular weight is 327 g/mol. The number of nitrogens with one attached hydrogen (secondary N) is 1. The zero-order valence-corrected chi connectivity index (χ0v) is 13.7. The summed E-state index contributed by atoms with van der Waals surface area (Å²) in [7, 11) is 1.36. The third kappa shape index (κ3) is 4.71. The van der Waals surface area contributed by atoms with Gasteiger partial charge in [-0.1, -0.05) is 29.8 Å². The van der Waals surface area contributed by atoms with Crippen LogP contribution in [0.25, 0.3) is 0 Å². The van der Waals surface area contributed by atoms with Crippen LogP contribution in [0.4, 0.5) is 0 Å². The van der Waals surface area contributed by atoms with Crippen LogP contribution in [0.1, 0.15) is 24.0 Å². The van der Waals surface area contributed by atoms with Gasteiger partial charge < -0.3 is 15.8 Å². The third-order valence-corrected chi connectivity index (χ3v) is 3.85. The number of rotatable bonds is 6. The van der Waals surface area contributed by atoms with E-state index in [0.29, 0.717) is 19.3 Å². The van der Waals surface area contributed by atoms with Crippen molar-refractivity contribution in [1.29, 1.82) is 0 Å². The summed E-state index contributed by atoms with van der Waals surface area (Å²) in [6.07, 6.45) is 1.95. The minimum atomic E-state index is -0.718. The molecule has 1 aliphatic rings. The van der Waals surface area contributed by atoms with Crippen LogP contribution < -0.4 is 11.1 Å². The lowest BCUT2D eigenvalue weighted by atomic mass is 9.98. The highest BCUT2D eigenvalue weighted by Gasteiger charge is 2.46. The fourth-order valence-electron chi connectivity index (χ4n) is 2.28. The molecule has 3 N–H and O–H groups in total. The first kappa shape index (κ1) is 18.5. The third-order valence-electron chi connectivity index (χ3n) is 3.85. The van der Waals surface area contributed by atoms with Gasteiger partial charge in [-0.2, -0.15) is 0 Å². The lowest BCUT2D eigenvalue weighted by molar-refractivity contribution is -0.145. The molecule has 5 nitrogen and oxygen atoms in total. The molecule has 0 radical (unpaired) electrons. The predicted octanol–water partition coefficient (Wildman–Crippen LogP) is 1.36. The quantitative estimate of drug-likeness (QED) is 0.773. The molecule has 22 heavy (non-hydrogen) atoms. The summed E-state index contributed by atoms with van der Waals surface area (Å²) < 4.78 is 4.83. The van der Waals surface area contributed by atoms with E-state index in [1.807, 2.05) is 31.2 Å². The number of benzene rings is 1. The normalized spacial score (nSPS) is 16.1. The number of aryl methyl sites for hydroxylation is 1. The first-order chi connectivity index (χ1) is 9.94. The van der Waals surface area contributed by atoms with E-state index in [-0.39, 0.29) is 30.8 Å². The number of methoxy groups -OCH3 is 1. The number of amides is 1. The Morgan fingerprint density at radius 3 is 2.64 bits per heavy atom. The van der Waals surface area contributed by atoms with Crippen LogP contribution in [-0.4, -0.2) is 31.1 Å². The molecule has 0 heterocycles. The number of carbonyl (C=O) groups is 2. The Morgan fingerprint density at radius 1 is 1.41 bits per heavy atom. The highest BCUT2D eigenvalue weighted by Crippen LogP contribution is 2.32. The highest BCUT2D eigenvalue weighted by atomic mass is 35.5. The minimum Gasteiger partial charge on any atom is -0.469 e. The van der Waals surface area contributed by atoms with Crippen LogP contribution in [0, 0.1) is 12.8 Å². The van der Waals surface area contributed by atoms with E-state index in [1.54, 1.807) is 0 Å². The summed E-state index contributed by atoms with van der Waals surface area (Å²) in [6, 6.07) is 7.96. The van der Waals surface area contributed by atoms with Gasteiger partial charge in [0.25, 0.3) is 0 Å². The van der Waals surface area contributed by atoms with Crippen molar-refractivity contribution in [1.82, 2.24) is 5.32 Å². The van der Waals surface area contributed by atoms with Gasteiger partial charge in [0.1, 0.15) is 0 Å². The Morgan fingerprint density at radius 2 is 2.09 bits per heavy atom. The molecule has 1 aromatic carbocycles. The number of carbonyl (C=O) groups excluding carboxylic acids is 2. The number of hydrogen-bond acceptors (Lipinski definition) is 4. The summed E-state index contributed by atoms with van der Waals surface area (Å²) >= 11 is 0. The van der Waals surface area contributed by atoms with Gasteiger partial charge in [-0.15, -0.1) is 12.4 Å². The van der Waals surface area contributed by atoms with Crippen LogP contribution in [0.2, 0.25) is 0 Å². The fourth-order valence-corrected chi connectivity index (χ4v) is 2.28. The van der Waals surface area contributed by atoms with E-state index in [2.05, 4.69) is 5.32 Å². The number of halogens is 1. The summed E-state index contributed by atoms with van der Waals surface area (Å²) in [5, 5.41) is 2.77. The molecular weight excluding hydrogens is 304 g/mol. The molecule has 2 rings (SSSR count). The van der Waals surface area contributed by atoms with Crippen LogP contribution >= 0.6 is 12.4 Å². The van der Waals surface area contributed by atoms with Crippen molar-refractivity contribution >= 4 is 24.3 Å². The van der Waals surface area contributed by atoms with E-state index in [9.17, 15) is 9.59 Å². The first-order valence-corrected chi connectivity index (χ1v) is 7.15. The van der Waals surface area contributed by atoms with E-state index in [4.69, 9.17) is 10.5 Å². The van der Waals surface area contributed by atoms with Crippen LogP contribution in [0.15, 0.2) is 24.3 Å². The van der Waals surface area contributed by atoms with E-state index >= 15 is 0 Å². The van der Waals surface area contributed by atoms with Crippen molar-refractivity contribution in [3.63, 3.8) is 0 Å². The lowest BCUT2D eigenvalue weighted by Gasteiger charge is -2.17. The maximum absolute atomic E-state index is 11.9. The Balaban J connectivity index is 0.00000242. The number of esters is 1. The van der Waals surface area contributed by atoms with Gasteiger partial charge >= 0.3 is 5.97 Å². The molecular formula is C16H23ClN2O3. The first-order valence-electron chi connectivity index (χ1n) is 7.15. The molecule has 1 unspecified atom stereocenters. The van der Waals surface area contributed by atoms with Gasteiger partial charge in [0.2, 0.25) is 5.91 Å². The minimum absolute atomic E-state index is 0. The molecule has 0 bridgehead atoms. The average Bonchev–Trinajstić information content (AvgIpc) is 3.21. The van der Waals surface area contributed by atoms with Gasteiger partial charge in [0, 0.05) is 6.54 Å². The monoisotopic (exact) mass is 326 g/mol. The molecule has 0 aliphatic heterocycles. The summed E-state index contributed by atoms with van der Waals surface area (Å²) in [5.74, 6) is -0.901. The molecule has 0 spiro atoms. The Bertz CT molecular complexity index is 544. The molecule has 1 aromatic rings. The van der Waals surface area contributed by atoms with E-state index in [0.717, 1.165) is 11.1 Å². The molecule has 6 heteroatoms. The molecule has 122 valence electrons. The van der Waals surface area contributed by atoms with Crippen LogP contribution in [0.3, 0.4) is 0 Å². The number of hydrogen-bond donors (Lipinski definition) is 2. The smallest absolute Gasteiger partial charge is 0.310 e. The summed E-state index contributed by atoms with van der Waals surface area (Å²) in [6.45, 7) is 2.25. The maximum Gasteiger partial charge on any atom is 0.310 e. The fraction of sp³-hybridized carbons (Fsp3) is 0.500. The predicted molar refractivity (Wildman–Crippen MR) is 86.8 cm³/mol. The van der Waals surface area contributed by atoms with Crippen LogP contribution in [0.5, 0.6) is 0 Å². The second kappa shape index (κ2) is 7.61. The van der Waals surface area contributed by atoms with E-state index < -0.39 is 11.5 Å². The van der Waals surface area contributed by atoms with E-state index in [1.165, 1.54) is 7.11 Å². The van der Waals surface area contributed by atoms with Gasteiger partial charge in [-0.05, 0) is 31.7 Å². The van der Waals surface area contributed by atoms with Crippen molar-refractivity contribution in [2.75, 3.05) is 13.7 Å². The number of nitrogens with two attached hydrogens (primary N) is 1. The zero-order chi connectivity index (χ0) is 15.5. The lowest BCUT2D eigenvalue weighted by Crippen LogP contribution is -2.45. The second-order valence-corrected chi connectivity index (χ2v) is 5.78. The van der Waals surface area contributed by atoms with Crippen molar-refractivity contribution < 1.29 is 14.3 Å². The Labute approximate surface area is 137 Å². The summed E-state index contributed by atoms with van der Waals surface area (Å²) in [5.41, 5.74) is 7.30. The van der Waals surface area contributed by atoms with Crippen molar-refractivity contribution in [2.24, 2.45) is 11.7 Å². The summed E-state index contributed by atoms with van der Waals surface area (Å²) in [4.78, 5) is 23.7. The molecule has 1 atom stereocenters. The molecule has 0 saturated heterocycles. The SMILES string of the molecule is COC(=O)C(CNC(=O)C1(N)CC1)Cc1cccc(C)c1.Cl. The van der Waals surface area contributed by atoms with Crippen LogP contribution in [-0.2, 0) is 20.7 Å². The van der Waals surface area contributed by atoms with Gasteiger partial charge in [0.15, 0.2) is 0 Å². The molecule has 1 fully saturated rings. The number of ether oxygens (including phenoxy) is 1. The maximum atomic E-state index is 11.9. The zero-order valence-electron chi connectivity index (χ0n) is 12.9. The highest BCUT2D eigenvalue weighted by molar-refractivity contribution is 5.89. The van der Waals surface area contributed by atoms with Gasteiger partial charge in [-0.3, -0.25) is 9.59 Å².